The average Bonchev–Trinajstić information content (AvgIpc) is 2.23. The molecule has 90 valence electrons. The average molecular weight is 225 g/mol. The van der Waals surface area contributed by atoms with Crippen LogP contribution in [-0.4, -0.2) is 29.9 Å². The van der Waals surface area contributed by atoms with Gasteiger partial charge in [-0.3, -0.25) is 0 Å². The summed E-state index contributed by atoms with van der Waals surface area (Å²) in [5.74, 6) is -0.237. The van der Waals surface area contributed by atoms with E-state index in [9.17, 15) is 10.2 Å². The molecule has 0 amide bonds. The smallest absolute Gasteiger partial charge is 0.157 e. The summed E-state index contributed by atoms with van der Waals surface area (Å²) >= 11 is 0. The Labute approximate surface area is 95.9 Å². The van der Waals surface area contributed by atoms with Crippen LogP contribution >= 0.6 is 0 Å². The first-order chi connectivity index (χ1) is 7.54. The number of hydrogen-bond donors (Lipinski definition) is 3. The Morgan fingerprint density at radius 3 is 2.44 bits per heavy atom. The Kier molecular flexibility index (Phi) is 4.58. The van der Waals surface area contributed by atoms with E-state index in [0.29, 0.717) is 12.6 Å². The molecular formula is C12H19NO3. The molecule has 0 saturated carbocycles. The molecule has 4 heteroatoms. The molecule has 1 aromatic carbocycles. The van der Waals surface area contributed by atoms with Crippen molar-refractivity contribution in [1.29, 1.82) is 0 Å². The SMILES string of the molecule is CO[C@H](CNC(C)C)c1ccc(O)c(O)c1. The lowest BCUT2D eigenvalue weighted by molar-refractivity contribution is 0.100. The van der Waals surface area contributed by atoms with Crippen LogP contribution < -0.4 is 5.32 Å². The molecule has 1 aromatic rings. The zero-order chi connectivity index (χ0) is 12.1. The molecule has 3 N–H and O–H groups in total. The zero-order valence-corrected chi connectivity index (χ0v) is 9.90. The maximum atomic E-state index is 9.40. The molecular weight excluding hydrogens is 206 g/mol. The minimum Gasteiger partial charge on any atom is -0.504 e. The third kappa shape index (κ3) is 3.40. The molecule has 0 fully saturated rings. The van der Waals surface area contributed by atoms with E-state index >= 15 is 0 Å². The van der Waals surface area contributed by atoms with Crippen molar-refractivity contribution in [3.05, 3.63) is 23.8 Å². The van der Waals surface area contributed by atoms with Crippen LogP contribution in [0.3, 0.4) is 0 Å². The van der Waals surface area contributed by atoms with E-state index < -0.39 is 0 Å². The van der Waals surface area contributed by atoms with Crippen molar-refractivity contribution in [3.63, 3.8) is 0 Å². The molecule has 0 aliphatic rings. The van der Waals surface area contributed by atoms with Crippen molar-refractivity contribution in [2.24, 2.45) is 0 Å². The quantitative estimate of drug-likeness (QED) is 0.668. The Hall–Kier alpha value is -1.26. The number of aromatic hydroxyl groups is 2. The number of rotatable bonds is 5. The van der Waals surface area contributed by atoms with Gasteiger partial charge in [0.1, 0.15) is 0 Å². The molecule has 0 heterocycles. The van der Waals surface area contributed by atoms with E-state index in [1.807, 2.05) is 0 Å². The van der Waals surface area contributed by atoms with Crippen molar-refractivity contribution in [3.8, 4) is 11.5 Å². The molecule has 1 atom stereocenters. The number of ether oxygens (including phenoxy) is 1. The lowest BCUT2D eigenvalue weighted by Gasteiger charge is -2.18. The lowest BCUT2D eigenvalue weighted by atomic mass is 10.1. The van der Waals surface area contributed by atoms with E-state index in [1.165, 1.54) is 12.1 Å². The van der Waals surface area contributed by atoms with E-state index in [2.05, 4.69) is 19.2 Å². The first-order valence-electron chi connectivity index (χ1n) is 5.32. The summed E-state index contributed by atoms with van der Waals surface area (Å²) in [5.41, 5.74) is 0.839. The highest BCUT2D eigenvalue weighted by Gasteiger charge is 2.12. The van der Waals surface area contributed by atoms with E-state index in [0.717, 1.165) is 5.56 Å². The molecule has 0 aliphatic heterocycles. The van der Waals surface area contributed by atoms with Gasteiger partial charge in [-0.05, 0) is 17.7 Å². The normalized spacial score (nSPS) is 13.0. The lowest BCUT2D eigenvalue weighted by Crippen LogP contribution is -2.28. The van der Waals surface area contributed by atoms with Crippen LogP contribution in [0.2, 0.25) is 0 Å². The van der Waals surface area contributed by atoms with Crippen molar-refractivity contribution in [2.45, 2.75) is 26.0 Å². The molecule has 16 heavy (non-hydrogen) atoms. The van der Waals surface area contributed by atoms with Crippen LogP contribution in [0.1, 0.15) is 25.5 Å². The van der Waals surface area contributed by atoms with Gasteiger partial charge in [-0.25, -0.2) is 0 Å². The highest BCUT2D eigenvalue weighted by molar-refractivity contribution is 5.41. The summed E-state index contributed by atoms with van der Waals surface area (Å²) in [4.78, 5) is 0. The van der Waals surface area contributed by atoms with Gasteiger partial charge >= 0.3 is 0 Å². The van der Waals surface area contributed by atoms with Gasteiger partial charge in [0.2, 0.25) is 0 Å². The van der Waals surface area contributed by atoms with Gasteiger partial charge in [-0.15, -0.1) is 0 Å². The monoisotopic (exact) mass is 225 g/mol. The molecule has 1 rings (SSSR count). The topological polar surface area (TPSA) is 61.7 Å². The van der Waals surface area contributed by atoms with Crippen molar-refractivity contribution < 1.29 is 14.9 Å². The van der Waals surface area contributed by atoms with Crippen LogP contribution in [0.5, 0.6) is 11.5 Å². The second-order valence-electron chi connectivity index (χ2n) is 4.04. The van der Waals surface area contributed by atoms with Crippen LogP contribution in [0, 0.1) is 0 Å². The summed E-state index contributed by atoms with van der Waals surface area (Å²) in [5, 5.41) is 21.9. The summed E-state index contributed by atoms with van der Waals surface area (Å²) in [7, 11) is 1.62. The molecule has 0 aromatic heterocycles. The number of phenolic OH excluding ortho intramolecular Hbond substituents is 2. The number of hydrogen-bond acceptors (Lipinski definition) is 4. The van der Waals surface area contributed by atoms with E-state index in [4.69, 9.17) is 4.74 Å². The fourth-order valence-corrected chi connectivity index (χ4v) is 1.42. The fourth-order valence-electron chi connectivity index (χ4n) is 1.42. The Morgan fingerprint density at radius 1 is 1.25 bits per heavy atom. The first-order valence-corrected chi connectivity index (χ1v) is 5.32. The summed E-state index contributed by atoms with van der Waals surface area (Å²) < 4.78 is 5.33. The third-order valence-corrected chi connectivity index (χ3v) is 2.37. The van der Waals surface area contributed by atoms with Crippen molar-refractivity contribution in [1.82, 2.24) is 5.32 Å². The van der Waals surface area contributed by atoms with Gasteiger partial charge < -0.3 is 20.3 Å². The standard InChI is InChI=1S/C12H19NO3/c1-8(2)13-7-12(16-3)9-4-5-10(14)11(15)6-9/h4-6,8,12-15H,7H2,1-3H3/t12-/m1/s1. The second kappa shape index (κ2) is 5.72. The molecule has 0 saturated heterocycles. The summed E-state index contributed by atoms with van der Waals surface area (Å²) in [6, 6.07) is 5.10. The molecule has 0 bridgehead atoms. The van der Waals surface area contributed by atoms with Gasteiger partial charge in [0.15, 0.2) is 11.5 Å². The van der Waals surface area contributed by atoms with Gasteiger partial charge in [-0.2, -0.15) is 0 Å². The predicted molar refractivity (Wildman–Crippen MR) is 62.7 cm³/mol. The molecule has 0 radical (unpaired) electrons. The maximum absolute atomic E-state index is 9.40. The molecule has 0 spiro atoms. The Bertz CT molecular complexity index is 339. The predicted octanol–water partition coefficient (Wildman–Crippen LogP) is 1.78. The highest BCUT2D eigenvalue weighted by Crippen LogP contribution is 2.28. The largest absolute Gasteiger partial charge is 0.504 e. The number of phenols is 2. The van der Waals surface area contributed by atoms with Crippen molar-refractivity contribution >= 4 is 0 Å². The van der Waals surface area contributed by atoms with Gasteiger partial charge in [0.25, 0.3) is 0 Å². The molecule has 0 unspecified atom stereocenters. The van der Waals surface area contributed by atoms with Gasteiger partial charge in [-0.1, -0.05) is 19.9 Å². The second-order valence-corrected chi connectivity index (χ2v) is 4.04. The first kappa shape index (κ1) is 12.8. The Morgan fingerprint density at radius 2 is 1.94 bits per heavy atom. The minimum absolute atomic E-state index is 0.115. The summed E-state index contributed by atoms with van der Waals surface area (Å²) in [6.45, 7) is 4.78. The summed E-state index contributed by atoms with van der Waals surface area (Å²) in [6.07, 6.45) is -0.131. The highest BCUT2D eigenvalue weighted by atomic mass is 16.5. The van der Waals surface area contributed by atoms with E-state index in [1.54, 1.807) is 13.2 Å². The maximum Gasteiger partial charge on any atom is 0.157 e. The molecule has 4 nitrogen and oxygen atoms in total. The zero-order valence-electron chi connectivity index (χ0n) is 9.90. The Balaban J connectivity index is 2.74. The van der Waals surface area contributed by atoms with Crippen LogP contribution in [0.25, 0.3) is 0 Å². The van der Waals surface area contributed by atoms with Crippen molar-refractivity contribution in [2.75, 3.05) is 13.7 Å². The minimum atomic E-state index is -0.131. The van der Waals surface area contributed by atoms with E-state index in [-0.39, 0.29) is 17.6 Å². The number of nitrogens with one attached hydrogen (secondary N) is 1. The van der Waals surface area contributed by atoms with Crippen LogP contribution in [0.15, 0.2) is 18.2 Å². The number of methoxy groups -OCH3 is 1. The fraction of sp³-hybridized carbons (Fsp3) is 0.500. The molecule has 0 aliphatic carbocycles. The number of benzene rings is 1. The third-order valence-electron chi connectivity index (χ3n) is 2.37. The van der Waals surface area contributed by atoms with Gasteiger partial charge in [0, 0.05) is 19.7 Å². The van der Waals surface area contributed by atoms with Gasteiger partial charge in [0.05, 0.1) is 6.10 Å². The van der Waals surface area contributed by atoms with Crippen LogP contribution in [-0.2, 0) is 4.74 Å². The van der Waals surface area contributed by atoms with Crippen LogP contribution in [0.4, 0.5) is 0 Å².